The van der Waals surface area contributed by atoms with E-state index in [9.17, 15) is 13.8 Å². The molecule has 0 spiro atoms. The number of pyridine rings is 1. The molecule has 1 atom stereocenters. The first-order valence-corrected chi connectivity index (χ1v) is 12.2. The Morgan fingerprint density at radius 1 is 1.15 bits per heavy atom. The van der Waals surface area contributed by atoms with E-state index in [0.717, 1.165) is 5.56 Å². The monoisotopic (exact) mass is 488 g/mol. The molecule has 2 N–H and O–H groups in total. The first-order chi connectivity index (χ1) is 16.5. The maximum absolute atomic E-state index is 13.0. The van der Waals surface area contributed by atoms with Crippen molar-refractivity contribution in [3.63, 3.8) is 0 Å². The SMILES string of the molecule is COS(=O)CCCN(C(=O)NCCCCCC(=O)O)c1ccc2nc(-c3ccncc3)oc2c1. The lowest BCUT2D eigenvalue weighted by Gasteiger charge is -2.23. The molecule has 2 amide bonds. The molecule has 2 aromatic heterocycles. The van der Waals surface area contributed by atoms with Crippen LogP contribution in [0.3, 0.4) is 0 Å². The molecular formula is C23H28N4O6S. The van der Waals surface area contributed by atoms with E-state index in [0.29, 0.717) is 67.2 Å². The molecule has 0 saturated carbocycles. The normalized spacial score (nSPS) is 11.9. The highest BCUT2D eigenvalue weighted by Crippen LogP contribution is 2.27. The predicted octanol–water partition coefficient (Wildman–Crippen LogP) is 3.75. The predicted molar refractivity (Wildman–Crippen MR) is 129 cm³/mol. The number of aliphatic carboxylic acids is 1. The van der Waals surface area contributed by atoms with Crippen molar-refractivity contribution in [2.45, 2.75) is 32.1 Å². The number of benzene rings is 1. The number of carboxylic acid groups (broad SMARTS) is 1. The fourth-order valence-electron chi connectivity index (χ4n) is 3.34. The highest BCUT2D eigenvalue weighted by Gasteiger charge is 2.18. The van der Waals surface area contributed by atoms with Gasteiger partial charge in [-0.1, -0.05) is 6.42 Å². The molecule has 0 fully saturated rings. The van der Waals surface area contributed by atoms with Gasteiger partial charge in [0.2, 0.25) is 5.89 Å². The summed E-state index contributed by atoms with van der Waals surface area (Å²) >= 11 is -1.41. The van der Waals surface area contributed by atoms with Gasteiger partial charge < -0.3 is 14.8 Å². The molecule has 0 aliphatic carbocycles. The van der Waals surface area contributed by atoms with Gasteiger partial charge in [0.15, 0.2) is 16.7 Å². The molecule has 11 heteroatoms. The molecule has 1 aromatic carbocycles. The van der Waals surface area contributed by atoms with Crippen LogP contribution in [0.25, 0.3) is 22.6 Å². The summed E-state index contributed by atoms with van der Waals surface area (Å²) in [5.74, 6) is -0.0624. The van der Waals surface area contributed by atoms with Crippen LogP contribution in [0, 0.1) is 0 Å². The van der Waals surface area contributed by atoms with Gasteiger partial charge in [-0.3, -0.25) is 18.9 Å². The number of anilines is 1. The third-order valence-electron chi connectivity index (χ3n) is 5.08. The van der Waals surface area contributed by atoms with E-state index in [2.05, 4.69) is 15.3 Å². The number of carbonyl (C=O) groups is 2. The molecule has 2 heterocycles. The van der Waals surface area contributed by atoms with Crippen LogP contribution < -0.4 is 10.2 Å². The van der Waals surface area contributed by atoms with E-state index < -0.39 is 17.0 Å². The van der Waals surface area contributed by atoms with Gasteiger partial charge in [-0.15, -0.1) is 0 Å². The number of aromatic nitrogens is 2. The smallest absolute Gasteiger partial charge is 0.321 e. The molecule has 182 valence electrons. The topological polar surface area (TPSA) is 135 Å². The van der Waals surface area contributed by atoms with E-state index in [1.165, 1.54) is 7.11 Å². The van der Waals surface area contributed by atoms with Crippen molar-refractivity contribution in [2.75, 3.05) is 30.9 Å². The van der Waals surface area contributed by atoms with Crippen LogP contribution in [0.4, 0.5) is 10.5 Å². The number of carboxylic acids is 1. The van der Waals surface area contributed by atoms with Crippen LogP contribution in [0.1, 0.15) is 32.1 Å². The second-order valence-electron chi connectivity index (χ2n) is 7.52. The minimum Gasteiger partial charge on any atom is -0.481 e. The number of hydrogen-bond donors (Lipinski definition) is 2. The van der Waals surface area contributed by atoms with E-state index in [1.807, 2.05) is 0 Å². The minimum absolute atomic E-state index is 0.120. The van der Waals surface area contributed by atoms with Gasteiger partial charge >= 0.3 is 12.0 Å². The van der Waals surface area contributed by atoms with Crippen LogP contribution >= 0.6 is 0 Å². The molecular weight excluding hydrogens is 460 g/mol. The highest BCUT2D eigenvalue weighted by molar-refractivity contribution is 7.80. The lowest BCUT2D eigenvalue weighted by Crippen LogP contribution is -2.41. The molecule has 3 rings (SSSR count). The molecule has 0 bridgehead atoms. The Morgan fingerprint density at radius 2 is 1.94 bits per heavy atom. The number of hydrogen-bond acceptors (Lipinski definition) is 7. The Balaban J connectivity index is 1.71. The Hall–Kier alpha value is -3.31. The van der Waals surface area contributed by atoms with Gasteiger partial charge in [-0.2, -0.15) is 0 Å². The Kier molecular flexibility index (Phi) is 9.53. The van der Waals surface area contributed by atoms with Crippen molar-refractivity contribution < 1.29 is 27.5 Å². The van der Waals surface area contributed by atoms with E-state index in [4.69, 9.17) is 13.7 Å². The summed E-state index contributed by atoms with van der Waals surface area (Å²) in [6.45, 7) is 0.756. The number of carbonyl (C=O) groups excluding carboxylic acids is 1. The maximum Gasteiger partial charge on any atom is 0.321 e. The number of nitrogens with one attached hydrogen (secondary N) is 1. The third kappa shape index (κ3) is 7.35. The molecule has 0 saturated heterocycles. The van der Waals surface area contributed by atoms with Crippen molar-refractivity contribution in [3.05, 3.63) is 42.7 Å². The third-order valence-corrected chi connectivity index (χ3v) is 6.07. The van der Waals surface area contributed by atoms with Crippen molar-refractivity contribution in [1.29, 1.82) is 0 Å². The minimum atomic E-state index is -1.41. The summed E-state index contributed by atoms with van der Waals surface area (Å²) in [6, 6.07) is 8.65. The first-order valence-electron chi connectivity index (χ1n) is 11.0. The standard InChI is InChI=1S/C23H28N4O6S/c1-32-34(31)15-5-14-27(23(30)25-11-4-2-3-6-21(28)29)18-7-8-19-20(16-18)33-22(26-19)17-9-12-24-13-10-17/h7-10,12-13,16H,2-6,11,14-15H2,1H3,(H,25,30)(H,28,29). The number of urea groups is 1. The number of unbranched alkanes of at least 4 members (excludes halogenated alkanes) is 2. The first kappa shape index (κ1) is 25.3. The van der Waals surface area contributed by atoms with Gasteiger partial charge in [0.05, 0.1) is 12.9 Å². The molecule has 1 unspecified atom stereocenters. The van der Waals surface area contributed by atoms with E-state index >= 15 is 0 Å². The summed E-state index contributed by atoms with van der Waals surface area (Å²) in [5.41, 5.74) is 2.62. The number of rotatable bonds is 13. The van der Waals surface area contributed by atoms with Crippen molar-refractivity contribution in [3.8, 4) is 11.5 Å². The molecule has 0 aliphatic rings. The summed E-state index contributed by atoms with van der Waals surface area (Å²) in [6.07, 6.45) is 5.87. The van der Waals surface area contributed by atoms with Crippen LogP contribution in [0.5, 0.6) is 0 Å². The summed E-state index contributed by atoms with van der Waals surface area (Å²) in [4.78, 5) is 33.6. The fourth-order valence-corrected chi connectivity index (χ4v) is 3.87. The van der Waals surface area contributed by atoms with Crippen LogP contribution in [-0.4, -0.2) is 57.2 Å². The van der Waals surface area contributed by atoms with Crippen molar-refractivity contribution >= 4 is 39.9 Å². The lowest BCUT2D eigenvalue weighted by atomic mass is 10.2. The number of nitrogens with zero attached hydrogens (tertiary/aromatic N) is 3. The molecule has 10 nitrogen and oxygen atoms in total. The fraction of sp³-hybridized carbons (Fsp3) is 0.391. The zero-order chi connectivity index (χ0) is 24.3. The quantitative estimate of drug-likeness (QED) is 0.347. The second kappa shape index (κ2) is 12.8. The van der Waals surface area contributed by atoms with Crippen molar-refractivity contribution in [2.24, 2.45) is 0 Å². The average molecular weight is 489 g/mol. The molecule has 0 radical (unpaired) electrons. The molecule has 0 aliphatic heterocycles. The summed E-state index contributed by atoms with van der Waals surface area (Å²) in [7, 11) is 1.38. The lowest BCUT2D eigenvalue weighted by molar-refractivity contribution is -0.137. The van der Waals surface area contributed by atoms with Crippen LogP contribution in [0.15, 0.2) is 47.1 Å². The molecule has 3 aromatic rings. The Bertz CT molecular complexity index is 1120. The van der Waals surface area contributed by atoms with Crippen molar-refractivity contribution in [1.82, 2.24) is 15.3 Å². The largest absolute Gasteiger partial charge is 0.481 e. The van der Waals surface area contributed by atoms with Crippen LogP contribution in [-0.2, 0) is 20.1 Å². The van der Waals surface area contributed by atoms with E-state index in [1.54, 1.807) is 47.6 Å². The maximum atomic E-state index is 13.0. The average Bonchev–Trinajstić information content (AvgIpc) is 3.27. The van der Waals surface area contributed by atoms with Gasteiger partial charge in [0.1, 0.15) is 5.52 Å². The second-order valence-corrected chi connectivity index (χ2v) is 8.87. The summed E-state index contributed by atoms with van der Waals surface area (Å²) < 4.78 is 22.4. The summed E-state index contributed by atoms with van der Waals surface area (Å²) in [5, 5.41) is 11.6. The zero-order valence-corrected chi connectivity index (χ0v) is 19.8. The van der Waals surface area contributed by atoms with E-state index in [-0.39, 0.29) is 12.5 Å². The van der Waals surface area contributed by atoms with Crippen LogP contribution in [0.2, 0.25) is 0 Å². The number of fused-ring (bicyclic) bond motifs is 1. The Labute approximate surface area is 200 Å². The van der Waals surface area contributed by atoms with Gasteiger partial charge in [0.25, 0.3) is 0 Å². The zero-order valence-electron chi connectivity index (χ0n) is 18.9. The van der Waals surface area contributed by atoms with Gasteiger partial charge in [0, 0.05) is 49.2 Å². The van der Waals surface area contributed by atoms with Gasteiger partial charge in [-0.05, 0) is 43.5 Å². The number of oxazole rings is 1. The van der Waals surface area contributed by atoms with Gasteiger partial charge in [-0.25, -0.2) is 14.0 Å². The Morgan fingerprint density at radius 3 is 2.68 bits per heavy atom. The highest BCUT2D eigenvalue weighted by atomic mass is 32.2. The molecule has 34 heavy (non-hydrogen) atoms. The number of amides is 2.